The van der Waals surface area contributed by atoms with Gasteiger partial charge in [0.05, 0.1) is 13.2 Å². The number of rotatable bonds is 5. The number of nitrogens with zero attached hydrogens (tertiary/aromatic N) is 1. The number of guanidine groups is 1. The molecule has 0 heterocycles. The molecule has 2 rings (SSSR count). The number of aliphatic imine (C=N–C) groups is 1. The van der Waals surface area contributed by atoms with Gasteiger partial charge in [-0.1, -0.05) is 24.3 Å². The third-order valence-corrected chi connectivity index (χ3v) is 2.70. The van der Waals surface area contributed by atoms with Crippen LogP contribution in [-0.2, 0) is 17.9 Å². The Labute approximate surface area is 102 Å². The largest absolute Gasteiger partial charge is 0.380 e. The van der Waals surface area contributed by atoms with E-state index in [-0.39, 0.29) is 0 Å². The van der Waals surface area contributed by atoms with Gasteiger partial charge < -0.3 is 15.8 Å². The van der Waals surface area contributed by atoms with Gasteiger partial charge in [0.1, 0.15) is 0 Å². The minimum atomic E-state index is 0.550. The van der Waals surface area contributed by atoms with Crippen molar-refractivity contribution in [3.8, 4) is 0 Å². The topological polar surface area (TPSA) is 59.6 Å². The molecule has 1 aliphatic rings. The lowest BCUT2D eigenvalue weighted by Gasteiger charge is -2.04. The second-order valence-corrected chi connectivity index (χ2v) is 4.37. The van der Waals surface area contributed by atoms with Gasteiger partial charge in [-0.3, -0.25) is 0 Å². The minimum Gasteiger partial charge on any atom is -0.380 e. The van der Waals surface area contributed by atoms with Crippen LogP contribution in [0.5, 0.6) is 0 Å². The van der Waals surface area contributed by atoms with E-state index < -0.39 is 0 Å². The number of nitrogens with one attached hydrogen (secondary N) is 1. The molecule has 17 heavy (non-hydrogen) atoms. The number of benzene rings is 1. The lowest BCUT2D eigenvalue weighted by atomic mass is 10.1. The molecule has 0 saturated heterocycles. The van der Waals surface area contributed by atoms with E-state index in [9.17, 15) is 0 Å². The molecule has 0 bridgehead atoms. The molecule has 1 fully saturated rings. The molecule has 1 aromatic carbocycles. The summed E-state index contributed by atoms with van der Waals surface area (Å²) in [7, 11) is 1.70. The van der Waals surface area contributed by atoms with Crippen molar-refractivity contribution in [1.29, 1.82) is 0 Å². The highest BCUT2D eigenvalue weighted by Crippen LogP contribution is 2.18. The van der Waals surface area contributed by atoms with E-state index in [1.807, 2.05) is 0 Å². The number of methoxy groups -OCH3 is 1. The first-order valence-electron chi connectivity index (χ1n) is 5.91. The molecule has 1 saturated carbocycles. The van der Waals surface area contributed by atoms with E-state index in [1.165, 1.54) is 18.4 Å². The Balaban J connectivity index is 1.84. The average Bonchev–Trinajstić information content (AvgIpc) is 3.12. The van der Waals surface area contributed by atoms with E-state index in [2.05, 4.69) is 34.6 Å². The van der Waals surface area contributed by atoms with Crippen LogP contribution < -0.4 is 11.1 Å². The van der Waals surface area contributed by atoms with Crippen molar-refractivity contribution in [3.63, 3.8) is 0 Å². The fourth-order valence-electron chi connectivity index (χ4n) is 1.57. The van der Waals surface area contributed by atoms with Crippen molar-refractivity contribution < 1.29 is 4.74 Å². The first kappa shape index (κ1) is 11.9. The Morgan fingerprint density at radius 3 is 2.59 bits per heavy atom. The normalized spacial score (nSPS) is 15.9. The number of hydrogen-bond donors (Lipinski definition) is 2. The smallest absolute Gasteiger partial charge is 0.189 e. The van der Waals surface area contributed by atoms with Gasteiger partial charge in [-0.15, -0.1) is 0 Å². The van der Waals surface area contributed by atoms with Crippen molar-refractivity contribution in [1.82, 2.24) is 5.32 Å². The Hall–Kier alpha value is -1.55. The maximum absolute atomic E-state index is 5.76. The fraction of sp³-hybridized carbons (Fsp3) is 0.462. The molecule has 0 aliphatic heterocycles. The summed E-state index contributed by atoms with van der Waals surface area (Å²) in [5.74, 6) is 0.550. The van der Waals surface area contributed by atoms with Gasteiger partial charge in [-0.25, -0.2) is 4.99 Å². The fourth-order valence-corrected chi connectivity index (χ4v) is 1.57. The molecule has 0 atom stereocenters. The van der Waals surface area contributed by atoms with Gasteiger partial charge >= 0.3 is 0 Å². The standard InChI is InChI=1S/C13H19N3O/c1-17-9-11-4-2-10(3-5-11)8-15-13(14)16-12-6-7-12/h2-5,12H,6-9H2,1H3,(H3,14,15,16). The molecule has 0 amide bonds. The molecule has 0 radical (unpaired) electrons. The first-order valence-corrected chi connectivity index (χ1v) is 5.91. The van der Waals surface area contributed by atoms with E-state index in [4.69, 9.17) is 10.5 Å². The highest BCUT2D eigenvalue weighted by Gasteiger charge is 2.21. The van der Waals surface area contributed by atoms with Crippen LogP contribution in [0.15, 0.2) is 29.3 Å². The SMILES string of the molecule is COCc1ccc(CN=C(N)NC2CC2)cc1. The van der Waals surface area contributed by atoms with Gasteiger partial charge in [0, 0.05) is 13.2 Å². The molecule has 4 nitrogen and oxygen atoms in total. The summed E-state index contributed by atoms with van der Waals surface area (Å²) in [6, 6.07) is 8.78. The summed E-state index contributed by atoms with van der Waals surface area (Å²) in [6.45, 7) is 1.27. The first-order chi connectivity index (χ1) is 8.28. The van der Waals surface area contributed by atoms with E-state index in [1.54, 1.807) is 7.11 Å². The third kappa shape index (κ3) is 4.07. The Morgan fingerprint density at radius 1 is 1.35 bits per heavy atom. The van der Waals surface area contributed by atoms with Gasteiger partial charge in [0.15, 0.2) is 5.96 Å². The maximum atomic E-state index is 5.76. The van der Waals surface area contributed by atoms with Crippen molar-refractivity contribution in [2.45, 2.75) is 32.0 Å². The van der Waals surface area contributed by atoms with E-state index >= 15 is 0 Å². The van der Waals surface area contributed by atoms with Gasteiger partial charge in [-0.2, -0.15) is 0 Å². The molecule has 92 valence electrons. The van der Waals surface area contributed by atoms with Crippen LogP contribution in [0.3, 0.4) is 0 Å². The summed E-state index contributed by atoms with van der Waals surface area (Å²) in [5, 5.41) is 3.16. The van der Waals surface area contributed by atoms with Crippen LogP contribution in [0.25, 0.3) is 0 Å². The predicted octanol–water partition coefficient (Wildman–Crippen LogP) is 1.40. The van der Waals surface area contributed by atoms with Crippen LogP contribution >= 0.6 is 0 Å². The zero-order valence-electron chi connectivity index (χ0n) is 10.1. The Morgan fingerprint density at radius 2 is 2.00 bits per heavy atom. The zero-order chi connectivity index (χ0) is 12.1. The number of nitrogens with two attached hydrogens (primary N) is 1. The lowest BCUT2D eigenvalue weighted by molar-refractivity contribution is 0.185. The quantitative estimate of drug-likeness (QED) is 0.597. The Kier molecular flexibility index (Phi) is 3.98. The molecule has 3 N–H and O–H groups in total. The zero-order valence-corrected chi connectivity index (χ0v) is 10.1. The van der Waals surface area contributed by atoms with E-state index in [0.29, 0.717) is 25.2 Å². The molecule has 4 heteroatoms. The van der Waals surface area contributed by atoms with Crippen molar-refractivity contribution in [2.24, 2.45) is 10.7 Å². The summed E-state index contributed by atoms with van der Waals surface area (Å²) >= 11 is 0. The molecule has 0 aromatic heterocycles. The number of ether oxygens (including phenoxy) is 1. The summed E-state index contributed by atoms with van der Waals surface area (Å²) < 4.78 is 5.06. The summed E-state index contributed by atoms with van der Waals surface area (Å²) in [6.07, 6.45) is 2.42. The molecular weight excluding hydrogens is 214 g/mol. The summed E-state index contributed by atoms with van der Waals surface area (Å²) in [4.78, 5) is 4.30. The highest BCUT2D eigenvalue weighted by atomic mass is 16.5. The average molecular weight is 233 g/mol. The van der Waals surface area contributed by atoms with Crippen molar-refractivity contribution in [3.05, 3.63) is 35.4 Å². The molecule has 1 aromatic rings. The number of hydrogen-bond acceptors (Lipinski definition) is 2. The van der Waals surface area contributed by atoms with Gasteiger partial charge in [0.2, 0.25) is 0 Å². The highest BCUT2D eigenvalue weighted by molar-refractivity contribution is 5.78. The van der Waals surface area contributed by atoms with Crippen molar-refractivity contribution >= 4 is 5.96 Å². The summed E-state index contributed by atoms with van der Waals surface area (Å²) in [5.41, 5.74) is 8.09. The third-order valence-electron chi connectivity index (χ3n) is 2.70. The van der Waals surface area contributed by atoms with E-state index in [0.717, 1.165) is 5.56 Å². The minimum absolute atomic E-state index is 0.550. The van der Waals surface area contributed by atoms with Crippen LogP contribution in [0.1, 0.15) is 24.0 Å². The van der Waals surface area contributed by atoms with Crippen LogP contribution in [0.2, 0.25) is 0 Å². The maximum Gasteiger partial charge on any atom is 0.189 e. The van der Waals surface area contributed by atoms with Crippen molar-refractivity contribution in [2.75, 3.05) is 7.11 Å². The van der Waals surface area contributed by atoms with Gasteiger partial charge in [0.25, 0.3) is 0 Å². The lowest BCUT2D eigenvalue weighted by Crippen LogP contribution is -2.33. The molecule has 0 unspecified atom stereocenters. The second kappa shape index (κ2) is 5.68. The second-order valence-electron chi connectivity index (χ2n) is 4.37. The predicted molar refractivity (Wildman–Crippen MR) is 68.6 cm³/mol. The monoisotopic (exact) mass is 233 g/mol. The molecular formula is C13H19N3O. The molecule has 1 aliphatic carbocycles. The Bertz CT molecular complexity index is 382. The van der Waals surface area contributed by atoms with Crippen LogP contribution in [0.4, 0.5) is 0 Å². The van der Waals surface area contributed by atoms with Crippen LogP contribution in [-0.4, -0.2) is 19.1 Å². The van der Waals surface area contributed by atoms with Gasteiger partial charge in [-0.05, 0) is 24.0 Å². The molecule has 0 spiro atoms. The van der Waals surface area contributed by atoms with Crippen LogP contribution in [0, 0.1) is 0 Å².